The maximum Gasteiger partial charge on any atom is 0.323 e. The van der Waals surface area contributed by atoms with Crippen LogP contribution in [0.25, 0.3) is 0 Å². The van der Waals surface area contributed by atoms with E-state index in [0.717, 1.165) is 32.6 Å². The van der Waals surface area contributed by atoms with Crippen molar-refractivity contribution in [3.05, 3.63) is 0 Å². The van der Waals surface area contributed by atoms with Crippen molar-refractivity contribution in [1.82, 2.24) is 10.2 Å². The Bertz CT molecular complexity index is 259. The van der Waals surface area contributed by atoms with Crippen molar-refractivity contribution in [2.75, 3.05) is 26.2 Å². The first-order valence-corrected chi connectivity index (χ1v) is 7.60. The molecule has 0 bridgehead atoms. The van der Waals surface area contributed by atoms with Crippen LogP contribution in [0.4, 0.5) is 0 Å². The molecular weight excluding hydrogens is 240 g/mol. The molecule has 0 heterocycles. The Morgan fingerprint density at radius 3 is 2.42 bits per heavy atom. The van der Waals surface area contributed by atoms with Gasteiger partial charge in [0.15, 0.2) is 0 Å². The molecule has 0 aliphatic carbocycles. The Morgan fingerprint density at radius 2 is 2.00 bits per heavy atom. The molecule has 0 aliphatic heterocycles. The molecule has 0 aromatic carbocycles. The van der Waals surface area contributed by atoms with Crippen LogP contribution in [0, 0.1) is 5.92 Å². The third-order valence-corrected chi connectivity index (χ3v) is 3.88. The minimum absolute atomic E-state index is 0.645. The molecule has 0 amide bonds. The zero-order chi connectivity index (χ0) is 14.9. The molecule has 2 unspecified atom stereocenters. The minimum atomic E-state index is -0.807. The first-order valence-electron chi connectivity index (χ1n) is 7.60. The molecular formula is C15H32N2O2. The van der Waals surface area contributed by atoms with Gasteiger partial charge in [-0.1, -0.05) is 34.1 Å². The summed E-state index contributed by atoms with van der Waals surface area (Å²) in [6.07, 6.45) is 2.76. The number of aliphatic carboxylic acids is 1. The molecule has 0 spiro atoms. The highest BCUT2D eigenvalue weighted by Gasteiger charge is 2.32. The largest absolute Gasteiger partial charge is 0.480 e. The number of nitrogens with one attached hydrogen (secondary N) is 1. The quantitative estimate of drug-likeness (QED) is 0.607. The van der Waals surface area contributed by atoms with E-state index in [1.54, 1.807) is 6.92 Å². The number of carbonyl (C=O) groups is 1. The van der Waals surface area contributed by atoms with Gasteiger partial charge in [-0.3, -0.25) is 4.79 Å². The lowest BCUT2D eigenvalue weighted by Gasteiger charge is -2.30. The van der Waals surface area contributed by atoms with E-state index in [9.17, 15) is 9.90 Å². The van der Waals surface area contributed by atoms with Crippen molar-refractivity contribution in [3.63, 3.8) is 0 Å². The predicted molar refractivity (Wildman–Crippen MR) is 80.5 cm³/mol. The summed E-state index contributed by atoms with van der Waals surface area (Å²) in [4.78, 5) is 13.8. The van der Waals surface area contributed by atoms with E-state index in [4.69, 9.17) is 0 Å². The summed E-state index contributed by atoms with van der Waals surface area (Å²) in [5.41, 5.74) is -0.807. The molecule has 2 atom stereocenters. The Kier molecular flexibility index (Phi) is 9.02. The summed E-state index contributed by atoms with van der Waals surface area (Å²) in [6.45, 7) is 14.0. The molecule has 114 valence electrons. The molecule has 0 aromatic rings. The SMILES string of the molecule is CCCNC(C)(CCN(CC)CC(C)CC)C(=O)O. The smallest absolute Gasteiger partial charge is 0.323 e. The summed E-state index contributed by atoms with van der Waals surface area (Å²) in [7, 11) is 0. The van der Waals surface area contributed by atoms with Gasteiger partial charge in [-0.05, 0) is 38.8 Å². The van der Waals surface area contributed by atoms with Crippen LogP contribution in [0.3, 0.4) is 0 Å². The second-order valence-electron chi connectivity index (χ2n) is 5.72. The third-order valence-electron chi connectivity index (χ3n) is 3.88. The summed E-state index contributed by atoms with van der Waals surface area (Å²) < 4.78 is 0. The second kappa shape index (κ2) is 9.32. The summed E-state index contributed by atoms with van der Waals surface area (Å²) >= 11 is 0. The van der Waals surface area contributed by atoms with Gasteiger partial charge in [0.25, 0.3) is 0 Å². The van der Waals surface area contributed by atoms with Crippen molar-refractivity contribution in [1.29, 1.82) is 0 Å². The molecule has 19 heavy (non-hydrogen) atoms. The second-order valence-corrected chi connectivity index (χ2v) is 5.72. The van der Waals surface area contributed by atoms with Crippen LogP contribution in [0.1, 0.15) is 53.9 Å². The zero-order valence-electron chi connectivity index (χ0n) is 13.3. The predicted octanol–water partition coefficient (Wildman–Crippen LogP) is 2.59. The van der Waals surface area contributed by atoms with Gasteiger partial charge in [0, 0.05) is 13.1 Å². The van der Waals surface area contributed by atoms with Crippen LogP contribution < -0.4 is 5.32 Å². The van der Waals surface area contributed by atoms with Crippen molar-refractivity contribution >= 4 is 5.97 Å². The van der Waals surface area contributed by atoms with E-state index >= 15 is 0 Å². The van der Waals surface area contributed by atoms with Crippen LogP contribution in [-0.4, -0.2) is 47.7 Å². The normalized spacial score (nSPS) is 16.3. The Morgan fingerprint density at radius 1 is 1.37 bits per heavy atom. The topological polar surface area (TPSA) is 52.6 Å². The molecule has 0 rings (SSSR count). The molecule has 0 fully saturated rings. The Balaban J connectivity index is 4.39. The fourth-order valence-electron chi connectivity index (χ4n) is 2.00. The van der Waals surface area contributed by atoms with Crippen LogP contribution in [0.15, 0.2) is 0 Å². The maximum atomic E-state index is 11.4. The van der Waals surface area contributed by atoms with Gasteiger partial charge in [0.1, 0.15) is 5.54 Å². The van der Waals surface area contributed by atoms with Crippen LogP contribution >= 0.6 is 0 Å². The number of nitrogens with zero attached hydrogens (tertiary/aromatic N) is 1. The van der Waals surface area contributed by atoms with E-state index in [1.807, 2.05) is 0 Å². The number of hydrogen-bond donors (Lipinski definition) is 2. The first kappa shape index (κ1) is 18.4. The van der Waals surface area contributed by atoms with E-state index in [1.165, 1.54) is 6.42 Å². The third kappa shape index (κ3) is 6.92. The monoisotopic (exact) mass is 272 g/mol. The average molecular weight is 272 g/mol. The highest BCUT2D eigenvalue weighted by Crippen LogP contribution is 2.13. The van der Waals surface area contributed by atoms with Gasteiger partial charge in [0.05, 0.1) is 0 Å². The molecule has 4 nitrogen and oxygen atoms in total. The number of carboxylic acids is 1. The van der Waals surface area contributed by atoms with E-state index in [-0.39, 0.29) is 0 Å². The highest BCUT2D eigenvalue weighted by molar-refractivity contribution is 5.78. The van der Waals surface area contributed by atoms with Crippen LogP contribution in [-0.2, 0) is 4.79 Å². The number of hydrogen-bond acceptors (Lipinski definition) is 3. The van der Waals surface area contributed by atoms with E-state index in [2.05, 4.69) is 37.9 Å². The minimum Gasteiger partial charge on any atom is -0.480 e. The molecule has 2 N–H and O–H groups in total. The van der Waals surface area contributed by atoms with Gasteiger partial charge in [-0.25, -0.2) is 0 Å². The lowest BCUT2D eigenvalue weighted by atomic mass is 9.97. The number of carboxylic acid groups (broad SMARTS) is 1. The zero-order valence-corrected chi connectivity index (χ0v) is 13.3. The summed E-state index contributed by atoms with van der Waals surface area (Å²) in [5, 5.41) is 12.6. The fraction of sp³-hybridized carbons (Fsp3) is 0.933. The first-order chi connectivity index (χ1) is 8.89. The lowest BCUT2D eigenvalue weighted by molar-refractivity contribution is -0.144. The summed E-state index contributed by atoms with van der Waals surface area (Å²) in [5.74, 6) is -0.0832. The van der Waals surface area contributed by atoms with Crippen LogP contribution in [0.2, 0.25) is 0 Å². The van der Waals surface area contributed by atoms with Crippen molar-refractivity contribution in [2.24, 2.45) is 5.92 Å². The maximum absolute atomic E-state index is 11.4. The molecule has 0 radical (unpaired) electrons. The van der Waals surface area contributed by atoms with Gasteiger partial charge in [0.2, 0.25) is 0 Å². The van der Waals surface area contributed by atoms with Gasteiger partial charge < -0.3 is 15.3 Å². The van der Waals surface area contributed by atoms with Crippen LogP contribution in [0.5, 0.6) is 0 Å². The molecule has 4 heteroatoms. The van der Waals surface area contributed by atoms with Gasteiger partial charge in [-0.15, -0.1) is 0 Å². The van der Waals surface area contributed by atoms with Gasteiger partial charge in [-0.2, -0.15) is 0 Å². The van der Waals surface area contributed by atoms with Crippen molar-refractivity contribution in [3.8, 4) is 0 Å². The van der Waals surface area contributed by atoms with Gasteiger partial charge >= 0.3 is 5.97 Å². The highest BCUT2D eigenvalue weighted by atomic mass is 16.4. The lowest BCUT2D eigenvalue weighted by Crippen LogP contribution is -2.51. The van der Waals surface area contributed by atoms with Crippen molar-refractivity contribution < 1.29 is 9.90 Å². The Hall–Kier alpha value is -0.610. The molecule has 0 aliphatic rings. The fourth-order valence-corrected chi connectivity index (χ4v) is 2.00. The number of rotatable bonds is 11. The average Bonchev–Trinajstić information content (AvgIpc) is 2.40. The molecule has 0 saturated carbocycles. The Labute approximate surface area is 118 Å². The molecule has 0 aromatic heterocycles. The molecule has 0 saturated heterocycles. The van der Waals surface area contributed by atoms with E-state index in [0.29, 0.717) is 12.3 Å². The summed E-state index contributed by atoms with van der Waals surface area (Å²) in [6, 6.07) is 0. The van der Waals surface area contributed by atoms with E-state index < -0.39 is 11.5 Å². The van der Waals surface area contributed by atoms with Crippen molar-refractivity contribution in [2.45, 2.75) is 59.4 Å². The standard InChI is InChI=1S/C15H32N2O2/c1-6-10-16-15(5,14(18)19)9-11-17(8-3)12-13(4)7-2/h13,16H,6-12H2,1-5H3,(H,18,19).